The fourth-order valence-electron chi connectivity index (χ4n) is 2.43. The van der Waals surface area contributed by atoms with Crippen molar-refractivity contribution in [3.05, 3.63) is 60.2 Å². The zero-order chi connectivity index (χ0) is 17.6. The fraction of sp³-hybridized carbons (Fsp3) is 0.294. The summed E-state index contributed by atoms with van der Waals surface area (Å²) in [6.45, 7) is 1.31. The number of anilines is 1. The Bertz CT molecular complexity index is 752. The number of hydrogen-bond donors (Lipinski definition) is 1. The van der Waals surface area contributed by atoms with Gasteiger partial charge >= 0.3 is 5.76 Å². The molecular formula is C17H20F2N2O2S. The second kappa shape index (κ2) is 8.21. The highest BCUT2D eigenvalue weighted by Crippen LogP contribution is 2.30. The molecule has 0 aliphatic carbocycles. The number of nitrogens with two attached hydrogens (primary N) is 1. The van der Waals surface area contributed by atoms with Gasteiger partial charge in [-0.1, -0.05) is 42.5 Å². The average molecular weight is 354 g/mol. The van der Waals surface area contributed by atoms with E-state index in [2.05, 4.69) is 0 Å². The Balaban J connectivity index is 2.43. The van der Waals surface area contributed by atoms with Crippen LogP contribution in [0.5, 0.6) is 0 Å². The number of rotatable bonds is 8. The number of para-hydroxylation sites is 1. The van der Waals surface area contributed by atoms with E-state index in [1.54, 1.807) is 17.0 Å². The van der Waals surface area contributed by atoms with Gasteiger partial charge in [0.05, 0.1) is 10.6 Å². The van der Waals surface area contributed by atoms with Gasteiger partial charge in [-0.3, -0.25) is 0 Å². The van der Waals surface area contributed by atoms with E-state index >= 15 is 0 Å². The summed E-state index contributed by atoms with van der Waals surface area (Å²) in [7, 11) is -4.68. The summed E-state index contributed by atoms with van der Waals surface area (Å²) < 4.78 is 50.0. The molecule has 7 heteroatoms. The number of benzene rings is 2. The van der Waals surface area contributed by atoms with Gasteiger partial charge in [-0.05, 0) is 30.7 Å². The first-order valence-corrected chi connectivity index (χ1v) is 9.11. The summed E-state index contributed by atoms with van der Waals surface area (Å²) in [6, 6.07) is 15.3. The first-order chi connectivity index (χ1) is 11.5. The molecule has 4 nitrogen and oxygen atoms in total. The summed E-state index contributed by atoms with van der Waals surface area (Å²) in [5.74, 6) is -3.45. The smallest absolute Gasteiger partial charge is 0.341 e. The molecule has 2 aromatic rings. The van der Waals surface area contributed by atoms with E-state index in [0.717, 1.165) is 5.56 Å². The van der Waals surface area contributed by atoms with Gasteiger partial charge in [0.25, 0.3) is 0 Å². The van der Waals surface area contributed by atoms with E-state index in [4.69, 9.17) is 5.73 Å². The second-order valence-electron chi connectivity index (χ2n) is 5.32. The molecule has 0 fully saturated rings. The number of sulfone groups is 1. The van der Waals surface area contributed by atoms with Crippen molar-refractivity contribution in [2.45, 2.75) is 23.6 Å². The van der Waals surface area contributed by atoms with Crippen molar-refractivity contribution in [3.8, 4) is 0 Å². The topological polar surface area (TPSA) is 63.4 Å². The van der Waals surface area contributed by atoms with Crippen molar-refractivity contribution in [2.24, 2.45) is 5.73 Å². The summed E-state index contributed by atoms with van der Waals surface area (Å²) in [5.41, 5.74) is 6.79. The summed E-state index contributed by atoms with van der Waals surface area (Å²) in [6.07, 6.45) is 0.621. The largest absolute Gasteiger partial charge is 0.366 e. The Hall–Kier alpha value is -1.99. The Kier molecular flexibility index (Phi) is 6.28. The van der Waals surface area contributed by atoms with E-state index in [0.29, 0.717) is 26.1 Å². The molecule has 2 aromatic carbocycles. The molecule has 2 rings (SSSR count). The van der Waals surface area contributed by atoms with Gasteiger partial charge < -0.3 is 10.6 Å². The molecule has 0 heterocycles. The van der Waals surface area contributed by atoms with Gasteiger partial charge in [-0.15, -0.1) is 0 Å². The van der Waals surface area contributed by atoms with Gasteiger partial charge in [0.2, 0.25) is 9.84 Å². The van der Waals surface area contributed by atoms with Crippen LogP contribution in [0.25, 0.3) is 0 Å². The standard InChI is InChI=1S/C17H20F2N2O2S/c18-17(19)24(22,23)16-10-5-4-9-15(16)21(12-6-11-20)13-14-7-2-1-3-8-14/h1-5,7-10,17H,6,11-13,20H2. The van der Waals surface area contributed by atoms with Crippen molar-refractivity contribution in [2.75, 3.05) is 18.0 Å². The lowest BCUT2D eigenvalue weighted by atomic mass is 10.2. The van der Waals surface area contributed by atoms with Gasteiger partial charge in [-0.2, -0.15) is 8.78 Å². The summed E-state index contributed by atoms with van der Waals surface area (Å²) in [4.78, 5) is 1.42. The third-order valence-electron chi connectivity index (χ3n) is 3.60. The highest BCUT2D eigenvalue weighted by atomic mass is 32.2. The maximum atomic E-state index is 13.0. The minimum atomic E-state index is -4.68. The van der Waals surface area contributed by atoms with Gasteiger partial charge in [0.15, 0.2) is 0 Å². The molecule has 0 unspecified atom stereocenters. The summed E-state index contributed by atoms with van der Waals surface area (Å²) in [5, 5.41) is 0. The van der Waals surface area contributed by atoms with Crippen molar-refractivity contribution < 1.29 is 17.2 Å². The van der Waals surface area contributed by atoms with Crippen LogP contribution < -0.4 is 10.6 Å². The van der Waals surface area contributed by atoms with Crippen LogP contribution in [0.4, 0.5) is 14.5 Å². The lowest BCUT2D eigenvalue weighted by Crippen LogP contribution is -2.28. The van der Waals surface area contributed by atoms with E-state index in [-0.39, 0.29) is 10.6 Å². The Morgan fingerprint density at radius 2 is 1.62 bits per heavy atom. The molecule has 0 aromatic heterocycles. The fourth-order valence-corrected chi connectivity index (χ4v) is 3.37. The van der Waals surface area contributed by atoms with Crippen LogP contribution in [-0.4, -0.2) is 27.3 Å². The molecule has 24 heavy (non-hydrogen) atoms. The number of halogens is 2. The third kappa shape index (κ3) is 4.30. The van der Waals surface area contributed by atoms with Crippen molar-refractivity contribution in [1.82, 2.24) is 0 Å². The minimum absolute atomic E-state index is 0.273. The highest BCUT2D eigenvalue weighted by Gasteiger charge is 2.30. The molecule has 2 N–H and O–H groups in total. The zero-order valence-corrected chi connectivity index (χ0v) is 13.9. The van der Waals surface area contributed by atoms with Crippen molar-refractivity contribution >= 4 is 15.5 Å². The number of hydrogen-bond acceptors (Lipinski definition) is 4. The van der Waals surface area contributed by atoms with Crippen LogP contribution >= 0.6 is 0 Å². The lowest BCUT2D eigenvalue weighted by molar-refractivity contribution is 0.235. The second-order valence-corrected chi connectivity index (χ2v) is 7.21. The van der Waals surface area contributed by atoms with Crippen molar-refractivity contribution in [1.29, 1.82) is 0 Å². The molecule has 0 atom stereocenters. The molecule has 0 radical (unpaired) electrons. The number of alkyl halides is 2. The van der Waals surface area contributed by atoms with Crippen LogP contribution in [0.2, 0.25) is 0 Å². The predicted molar refractivity (Wildman–Crippen MR) is 90.8 cm³/mol. The van der Waals surface area contributed by atoms with Crippen LogP contribution in [0.3, 0.4) is 0 Å². The Morgan fingerprint density at radius 3 is 2.25 bits per heavy atom. The quantitative estimate of drug-likeness (QED) is 0.791. The SMILES string of the molecule is NCCCN(Cc1ccccc1)c1ccccc1S(=O)(=O)C(F)F. The third-order valence-corrected chi connectivity index (χ3v) is 5.02. The zero-order valence-electron chi connectivity index (χ0n) is 13.1. The molecule has 0 saturated carbocycles. The minimum Gasteiger partial charge on any atom is -0.366 e. The molecular weight excluding hydrogens is 334 g/mol. The van der Waals surface area contributed by atoms with Crippen LogP contribution in [0, 0.1) is 0 Å². The van der Waals surface area contributed by atoms with Gasteiger partial charge in [0.1, 0.15) is 0 Å². The van der Waals surface area contributed by atoms with E-state index in [9.17, 15) is 17.2 Å². The molecule has 0 spiro atoms. The highest BCUT2D eigenvalue weighted by molar-refractivity contribution is 7.91. The lowest BCUT2D eigenvalue weighted by Gasteiger charge is -2.27. The molecule has 130 valence electrons. The van der Waals surface area contributed by atoms with Gasteiger partial charge in [-0.25, -0.2) is 8.42 Å². The van der Waals surface area contributed by atoms with E-state index in [1.165, 1.54) is 12.1 Å². The van der Waals surface area contributed by atoms with Crippen LogP contribution in [-0.2, 0) is 16.4 Å². The first kappa shape index (κ1) is 18.4. The molecule has 0 bridgehead atoms. The predicted octanol–water partition coefficient (Wildman–Crippen LogP) is 3.04. The van der Waals surface area contributed by atoms with Gasteiger partial charge in [0, 0.05) is 13.1 Å². The Labute approximate surface area is 140 Å². The van der Waals surface area contributed by atoms with E-state index < -0.39 is 15.6 Å². The van der Waals surface area contributed by atoms with E-state index in [1.807, 2.05) is 30.3 Å². The van der Waals surface area contributed by atoms with Crippen LogP contribution in [0.15, 0.2) is 59.5 Å². The van der Waals surface area contributed by atoms with Crippen molar-refractivity contribution in [3.63, 3.8) is 0 Å². The summed E-state index contributed by atoms with van der Waals surface area (Å²) >= 11 is 0. The average Bonchev–Trinajstić information content (AvgIpc) is 2.59. The van der Waals surface area contributed by atoms with Crippen LogP contribution in [0.1, 0.15) is 12.0 Å². The molecule has 0 amide bonds. The first-order valence-electron chi connectivity index (χ1n) is 7.57. The molecule has 0 aliphatic heterocycles. The number of nitrogens with zero attached hydrogens (tertiary/aromatic N) is 1. The molecule has 0 aliphatic rings. The maximum absolute atomic E-state index is 13.0. The normalized spacial score (nSPS) is 11.7. The Morgan fingerprint density at radius 1 is 1.00 bits per heavy atom. The maximum Gasteiger partial charge on any atom is 0.341 e. The molecule has 0 saturated heterocycles. The monoisotopic (exact) mass is 354 g/mol.